The molecular weight excluding hydrogens is 128 g/mol. The molecular formula is C7H14N2O. The molecule has 10 heavy (non-hydrogen) atoms. The second kappa shape index (κ2) is 3.01. The lowest BCUT2D eigenvalue weighted by Gasteiger charge is -2.25. The van der Waals surface area contributed by atoms with Gasteiger partial charge >= 0.3 is 0 Å². The molecule has 0 radical (unpaired) electrons. The lowest BCUT2D eigenvalue weighted by molar-refractivity contribution is -0.123. The third kappa shape index (κ3) is 1.48. The molecule has 1 aliphatic rings. The van der Waals surface area contributed by atoms with E-state index < -0.39 is 0 Å². The van der Waals surface area contributed by atoms with Crippen LogP contribution in [0.1, 0.15) is 25.7 Å². The minimum absolute atomic E-state index is 0.0197. The van der Waals surface area contributed by atoms with E-state index >= 15 is 0 Å². The number of hydrogen-bond acceptors (Lipinski definition) is 2. The molecule has 2 atom stereocenters. The molecule has 0 aliphatic heterocycles. The van der Waals surface area contributed by atoms with Gasteiger partial charge in [0.15, 0.2) is 0 Å². The van der Waals surface area contributed by atoms with Crippen molar-refractivity contribution < 1.29 is 4.79 Å². The Hall–Kier alpha value is -0.570. The molecule has 0 spiro atoms. The molecule has 1 amide bonds. The summed E-state index contributed by atoms with van der Waals surface area (Å²) in [6.07, 6.45) is 4.08. The van der Waals surface area contributed by atoms with Crippen LogP contribution in [-0.4, -0.2) is 11.9 Å². The standard InChI is InChI=1S/C7H14N2O/c8-6-4-2-1-3-5(6)7(9)10/h5-6H,1-4,8H2,(H2,9,10)/t5-,6+/m1/s1. The largest absolute Gasteiger partial charge is 0.369 e. The van der Waals surface area contributed by atoms with Gasteiger partial charge in [0.25, 0.3) is 0 Å². The molecule has 0 aromatic heterocycles. The van der Waals surface area contributed by atoms with E-state index in [1.54, 1.807) is 0 Å². The molecule has 0 heterocycles. The predicted octanol–water partition coefficient (Wildman–Crippen LogP) is -0.0108. The van der Waals surface area contributed by atoms with E-state index in [1.807, 2.05) is 0 Å². The highest BCUT2D eigenvalue weighted by Crippen LogP contribution is 2.22. The highest BCUT2D eigenvalue weighted by Gasteiger charge is 2.25. The molecule has 1 fully saturated rings. The van der Waals surface area contributed by atoms with Crippen LogP contribution in [0.5, 0.6) is 0 Å². The first-order valence-electron chi connectivity index (χ1n) is 3.76. The van der Waals surface area contributed by atoms with Gasteiger partial charge in [-0.2, -0.15) is 0 Å². The van der Waals surface area contributed by atoms with Crippen LogP contribution in [0.4, 0.5) is 0 Å². The third-order valence-electron chi connectivity index (χ3n) is 2.18. The highest BCUT2D eigenvalue weighted by atomic mass is 16.1. The molecule has 0 aromatic carbocycles. The number of nitrogens with two attached hydrogens (primary N) is 2. The van der Waals surface area contributed by atoms with Gasteiger partial charge in [0.2, 0.25) is 5.91 Å². The van der Waals surface area contributed by atoms with E-state index in [2.05, 4.69) is 0 Å². The molecule has 0 aromatic rings. The molecule has 4 N–H and O–H groups in total. The van der Waals surface area contributed by atoms with Crippen molar-refractivity contribution >= 4 is 5.91 Å². The van der Waals surface area contributed by atoms with Gasteiger partial charge in [-0.05, 0) is 12.8 Å². The van der Waals surface area contributed by atoms with E-state index in [-0.39, 0.29) is 17.9 Å². The molecule has 0 saturated heterocycles. The Kier molecular flexibility index (Phi) is 2.27. The number of carbonyl (C=O) groups excluding carboxylic acids is 1. The maximum atomic E-state index is 10.7. The molecule has 0 bridgehead atoms. The van der Waals surface area contributed by atoms with Gasteiger partial charge in [0.05, 0.1) is 5.92 Å². The van der Waals surface area contributed by atoms with Crippen molar-refractivity contribution in [1.29, 1.82) is 0 Å². The number of carbonyl (C=O) groups is 1. The van der Waals surface area contributed by atoms with Crippen molar-refractivity contribution in [3.63, 3.8) is 0 Å². The van der Waals surface area contributed by atoms with Gasteiger partial charge in [0.1, 0.15) is 0 Å². The molecule has 3 heteroatoms. The van der Waals surface area contributed by atoms with Crippen LogP contribution < -0.4 is 11.5 Å². The number of hydrogen-bond donors (Lipinski definition) is 2. The van der Waals surface area contributed by atoms with Crippen molar-refractivity contribution in [1.82, 2.24) is 0 Å². The molecule has 0 unspecified atom stereocenters. The van der Waals surface area contributed by atoms with Crippen molar-refractivity contribution in [3.8, 4) is 0 Å². The summed E-state index contributed by atoms with van der Waals surface area (Å²) in [5, 5.41) is 0. The second-order valence-electron chi connectivity index (χ2n) is 2.96. The summed E-state index contributed by atoms with van der Waals surface area (Å²) in [5.74, 6) is -0.291. The summed E-state index contributed by atoms with van der Waals surface area (Å²) >= 11 is 0. The SMILES string of the molecule is NC(=O)[C@@H]1CCCC[C@@H]1N. The molecule has 1 saturated carbocycles. The maximum Gasteiger partial charge on any atom is 0.222 e. The summed E-state index contributed by atoms with van der Waals surface area (Å²) in [6.45, 7) is 0. The average Bonchev–Trinajstić information content (AvgIpc) is 1.88. The van der Waals surface area contributed by atoms with Crippen LogP contribution in [0, 0.1) is 5.92 Å². The number of rotatable bonds is 1. The lowest BCUT2D eigenvalue weighted by atomic mass is 9.85. The Morgan fingerprint density at radius 3 is 2.30 bits per heavy atom. The van der Waals surface area contributed by atoms with E-state index in [0.717, 1.165) is 25.7 Å². The van der Waals surface area contributed by atoms with Gasteiger partial charge in [-0.1, -0.05) is 12.8 Å². The van der Waals surface area contributed by atoms with Gasteiger partial charge in [-0.3, -0.25) is 4.79 Å². The maximum absolute atomic E-state index is 10.7. The smallest absolute Gasteiger partial charge is 0.222 e. The predicted molar refractivity (Wildman–Crippen MR) is 39.1 cm³/mol. The van der Waals surface area contributed by atoms with Crippen LogP contribution in [0.15, 0.2) is 0 Å². The first-order chi connectivity index (χ1) is 4.72. The lowest BCUT2D eigenvalue weighted by Crippen LogP contribution is -2.41. The zero-order valence-electron chi connectivity index (χ0n) is 6.05. The van der Waals surface area contributed by atoms with E-state index in [4.69, 9.17) is 11.5 Å². The second-order valence-corrected chi connectivity index (χ2v) is 2.96. The Labute approximate surface area is 60.8 Å². The quantitative estimate of drug-likeness (QED) is 0.540. The first kappa shape index (κ1) is 7.54. The minimum Gasteiger partial charge on any atom is -0.369 e. The average molecular weight is 142 g/mol. The molecule has 1 aliphatic carbocycles. The fourth-order valence-electron chi connectivity index (χ4n) is 1.51. The van der Waals surface area contributed by atoms with Crippen LogP contribution >= 0.6 is 0 Å². The monoisotopic (exact) mass is 142 g/mol. The van der Waals surface area contributed by atoms with E-state index in [9.17, 15) is 4.79 Å². The van der Waals surface area contributed by atoms with Crippen LogP contribution in [-0.2, 0) is 4.79 Å². The van der Waals surface area contributed by atoms with E-state index in [1.165, 1.54) is 0 Å². The highest BCUT2D eigenvalue weighted by molar-refractivity contribution is 5.77. The van der Waals surface area contributed by atoms with Crippen molar-refractivity contribution in [3.05, 3.63) is 0 Å². The fraction of sp³-hybridized carbons (Fsp3) is 0.857. The third-order valence-corrected chi connectivity index (χ3v) is 2.18. The Morgan fingerprint density at radius 1 is 1.30 bits per heavy atom. The van der Waals surface area contributed by atoms with Gasteiger partial charge in [0, 0.05) is 6.04 Å². The van der Waals surface area contributed by atoms with Crippen molar-refractivity contribution in [2.75, 3.05) is 0 Å². The summed E-state index contributed by atoms with van der Waals surface area (Å²) in [6, 6.07) is 0.0197. The van der Waals surface area contributed by atoms with Gasteiger partial charge in [-0.25, -0.2) is 0 Å². The van der Waals surface area contributed by atoms with Crippen molar-refractivity contribution in [2.45, 2.75) is 31.7 Å². The normalized spacial score (nSPS) is 33.7. The Bertz CT molecular complexity index is 136. The number of primary amides is 1. The van der Waals surface area contributed by atoms with Crippen molar-refractivity contribution in [2.24, 2.45) is 17.4 Å². The first-order valence-corrected chi connectivity index (χ1v) is 3.76. The summed E-state index contributed by atoms with van der Waals surface area (Å²) in [7, 11) is 0. The van der Waals surface area contributed by atoms with Gasteiger partial charge < -0.3 is 11.5 Å². The summed E-state index contributed by atoms with van der Waals surface area (Å²) in [5.41, 5.74) is 10.8. The zero-order chi connectivity index (χ0) is 7.56. The minimum atomic E-state index is -0.229. The van der Waals surface area contributed by atoms with E-state index in [0.29, 0.717) is 0 Å². The Balaban J connectivity index is 2.47. The molecule has 3 nitrogen and oxygen atoms in total. The van der Waals surface area contributed by atoms with Crippen LogP contribution in [0.2, 0.25) is 0 Å². The Morgan fingerprint density at radius 2 is 1.90 bits per heavy atom. The molecule has 1 rings (SSSR count). The van der Waals surface area contributed by atoms with Gasteiger partial charge in [-0.15, -0.1) is 0 Å². The number of amides is 1. The van der Waals surface area contributed by atoms with Crippen LogP contribution in [0.25, 0.3) is 0 Å². The zero-order valence-corrected chi connectivity index (χ0v) is 6.05. The topological polar surface area (TPSA) is 69.1 Å². The fourth-order valence-corrected chi connectivity index (χ4v) is 1.51. The summed E-state index contributed by atoms with van der Waals surface area (Å²) < 4.78 is 0. The van der Waals surface area contributed by atoms with Crippen LogP contribution in [0.3, 0.4) is 0 Å². The summed E-state index contributed by atoms with van der Waals surface area (Å²) in [4.78, 5) is 10.7. The molecule has 58 valence electrons.